The van der Waals surface area contributed by atoms with Gasteiger partial charge >= 0.3 is 0 Å². The fourth-order valence-corrected chi connectivity index (χ4v) is 1.43. The molecule has 1 aliphatic rings. The maximum absolute atomic E-state index is 5.40. The van der Waals surface area contributed by atoms with E-state index in [-0.39, 0.29) is 5.60 Å². The third-order valence-electron chi connectivity index (χ3n) is 2.25. The average Bonchev–Trinajstić information content (AvgIpc) is 1.88. The van der Waals surface area contributed by atoms with E-state index in [1.165, 1.54) is 0 Å². The summed E-state index contributed by atoms with van der Waals surface area (Å²) in [6.45, 7) is 5.08. The molecule has 0 aliphatic carbocycles. The minimum atomic E-state index is 0.0671. The molecule has 0 amide bonds. The molecule has 0 aromatic rings. The Bertz CT molecular complexity index is 114. The van der Waals surface area contributed by atoms with Gasteiger partial charge in [-0.1, -0.05) is 0 Å². The first-order chi connectivity index (χ1) is 4.66. The van der Waals surface area contributed by atoms with Crippen LogP contribution in [0.4, 0.5) is 0 Å². The van der Waals surface area contributed by atoms with Crippen LogP contribution in [0.15, 0.2) is 0 Å². The van der Waals surface area contributed by atoms with Crippen molar-refractivity contribution in [2.75, 3.05) is 13.7 Å². The van der Waals surface area contributed by atoms with Crippen molar-refractivity contribution in [3.05, 3.63) is 0 Å². The summed E-state index contributed by atoms with van der Waals surface area (Å²) in [4.78, 5) is 0. The number of hydrogen-bond acceptors (Lipinski definition) is 2. The second kappa shape index (κ2) is 2.89. The summed E-state index contributed by atoms with van der Waals surface area (Å²) in [5.74, 6) is 0. The van der Waals surface area contributed by atoms with Gasteiger partial charge in [-0.15, -0.1) is 0 Å². The largest absolute Gasteiger partial charge is 0.378 e. The molecule has 0 aromatic carbocycles. The predicted molar refractivity (Wildman–Crippen MR) is 40.1 cm³/mol. The Morgan fingerprint density at radius 1 is 1.60 bits per heavy atom. The van der Waals surface area contributed by atoms with Crippen LogP contribution in [0.25, 0.3) is 0 Å². The van der Waals surface area contributed by atoms with E-state index in [1.807, 2.05) is 0 Å². The molecule has 1 unspecified atom stereocenters. The monoisotopic (exact) mass is 144 g/mol. The standard InChI is InChI=1S/C8H16O2/c1-7-6-8(2,9-3)4-5-10-7/h7H,4-6H2,1-3H3/t7-,8?/m0/s1. The van der Waals surface area contributed by atoms with Gasteiger partial charge in [0, 0.05) is 20.1 Å². The minimum Gasteiger partial charge on any atom is -0.378 e. The molecule has 2 atom stereocenters. The van der Waals surface area contributed by atoms with Crippen LogP contribution >= 0.6 is 0 Å². The summed E-state index contributed by atoms with van der Waals surface area (Å²) >= 11 is 0. The first-order valence-corrected chi connectivity index (χ1v) is 3.83. The van der Waals surface area contributed by atoms with Crippen molar-refractivity contribution in [3.8, 4) is 0 Å². The molecule has 0 radical (unpaired) electrons. The summed E-state index contributed by atoms with van der Waals surface area (Å²) in [5, 5.41) is 0. The van der Waals surface area contributed by atoms with E-state index >= 15 is 0 Å². The molecule has 1 saturated heterocycles. The van der Waals surface area contributed by atoms with Gasteiger partial charge in [-0.25, -0.2) is 0 Å². The molecule has 60 valence electrons. The highest BCUT2D eigenvalue weighted by Gasteiger charge is 2.30. The molecule has 2 heteroatoms. The second-order valence-electron chi connectivity index (χ2n) is 3.29. The molecule has 0 bridgehead atoms. The quantitative estimate of drug-likeness (QED) is 0.556. The Hall–Kier alpha value is -0.0800. The van der Waals surface area contributed by atoms with Gasteiger partial charge in [-0.3, -0.25) is 0 Å². The van der Waals surface area contributed by atoms with Crippen molar-refractivity contribution in [2.45, 2.75) is 38.4 Å². The lowest BCUT2D eigenvalue weighted by molar-refractivity contribution is -0.107. The first kappa shape index (κ1) is 8.02. The van der Waals surface area contributed by atoms with E-state index in [9.17, 15) is 0 Å². The van der Waals surface area contributed by atoms with Gasteiger partial charge in [0.15, 0.2) is 0 Å². The molecular formula is C8H16O2. The Morgan fingerprint density at radius 3 is 2.70 bits per heavy atom. The highest BCUT2D eigenvalue weighted by Crippen LogP contribution is 2.26. The zero-order valence-electron chi connectivity index (χ0n) is 7.02. The van der Waals surface area contributed by atoms with Gasteiger partial charge in [0.1, 0.15) is 0 Å². The molecule has 0 spiro atoms. The van der Waals surface area contributed by atoms with E-state index in [2.05, 4.69) is 13.8 Å². The maximum Gasteiger partial charge on any atom is 0.0697 e. The van der Waals surface area contributed by atoms with E-state index in [1.54, 1.807) is 7.11 Å². The molecular weight excluding hydrogens is 128 g/mol. The number of hydrogen-bond donors (Lipinski definition) is 0. The molecule has 2 nitrogen and oxygen atoms in total. The number of methoxy groups -OCH3 is 1. The average molecular weight is 144 g/mol. The van der Waals surface area contributed by atoms with E-state index in [4.69, 9.17) is 9.47 Å². The second-order valence-corrected chi connectivity index (χ2v) is 3.29. The fraction of sp³-hybridized carbons (Fsp3) is 1.00. The van der Waals surface area contributed by atoms with Gasteiger partial charge in [0.05, 0.1) is 11.7 Å². The number of rotatable bonds is 1. The molecule has 1 rings (SSSR count). The zero-order chi connectivity index (χ0) is 7.61. The van der Waals surface area contributed by atoms with Crippen molar-refractivity contribution >= 4 is 0 Å². The SMILES string of the molecule is COC1(C)CCO[C@@H](C)C1. The Kier molecular flexibility index (Phi) is 2.32. The maximum atomic E-state index is 5.40. The van der Waals surface area contributed by atoms with Gasteiger partial charge in [0.25, 0.3) is 0 Å². The normalized spacial score (nSPS) is 41.7. The van der Waals surface area contributed by atoms with Gasteiger partial charge < -0.3 is 9.47 Å². The predicted octanol–water partition coefficient (Wildman–Crippen LogP) is 1.59. The molecule has 10 heavy (non-hydrogen) atoms. The molecule has 0 aromatic heterocycles. The Labute approximate surface area is 62.5 Å². The van der Waals surface area contributed by atoms with Crippen LogP contribution in [0.1, 0.15) is 26.7 Å². The van der Waals surface area contributed by atoms with Crippen LogP contribution in [0, 0.1) is 0 Å². The lowest BCUT2D eigenvalue weighted by Gasteiger charge is -2.35. The van der Waals surface area contributed by atoms with Crippen LogP contribution in [-0.2, 0) is 9.47 Å². The molecule has 1 heterocycles. The Morgan fingerprint density at radius 2 is 2.30 bits per heavy atom. The first-order valence-electron chi connectivity index (χ1n) is 3.83. The van der Waals surface area contributed by atoms with Crippen LogP contribution in [0.3, 0.4) is 0 Å². The summed E-state index contributed by atoms with van der Waals surface area (Å²) in [7, 11) is 1.78. The van der Waals surface area contributed by atoms with Crippen molar-refractivity contribution in [2.24, 2.45) is 0 Å². The smallest absolute Gasteiger partial charge is 0.0697 e. The highest BCUT2D eigenvalue weighted by atomic mass is 16.5. The van der Waals surface area contributed by atoms with Crippen LogP contribution in [0.5, 0.6) is 0 Å². The summed E-state index contributed by atoms with van der Waals surface area (Å²) < 4.78 is 10.8. The highest BCUT2D eigenvalue weighted by molar-refractivity contribution is 4.80. The lowest BCUT2D eigenvalue weighted by atomic mass is 9.93. The van der Waals surface area contributed by atoms with Gasteiger partial charge in [-0.05, 0) is 20.3 Å². The fourth-order valence-electron chi connectivity index (χ4n) is 1.43. The van der Waals surface area contributed by atoms with Gasteiger partial charge in [0.2, 0.25) is 0 Å². The van der Waals surface area contributed by atoms with E-state index in [0.29, 0.717) is 6.10 Å². The van der Waals surface area contributed by atoms with Crippen molar-refractivity contribution in [3.63, 3.8) is 0 Å². The van der Waals surface area contributed by atoms with E-state index in [0.717, 1.165) is 19.4 Å². The minimum absolute atomic E-state index is 0.0671. The van der Waals surface area contributed by atoms with Crippen LogP contribution in [0.2, 0.25) is 0 Å². The summed E-state index contributed by atoms with van der Waals surface area (Å²) in [6.07, 6.45) is 2.40. The van der Waals surface area contributed by atoms with Crippen molar-refractivity contribution in [1.29, 1.82) is 0 Å². The van der Waals surface area contributed by atoms with Crippen LogP contribution < -0.4 is 0 Å². The molecule has 1 fully saturated rings. The zero-order valence-corrected chi connectivity index (χ0v) is 7.02. The molecule has 1 aliphatic heterocycles. The summed E-state index contributed by atoms with van der Waals surface area (Å²) in [5.41, 5.74) is 0.0671. The lowest BCUT2D eigenvalue weighted by Crippen LogP contribution is -2.38. The van der Waals surface area contributed by atoms with Gasteiger partial charge in [-0.2, -0.15) is 0 Å². The third kappa shape index (κ3) is 1.70. The molecule has 0 saturated carbocycles. The third-order valence-corrected chi connectivity index (χ3v) is 2.25. The summed E-state index contributed by atoms with van der Waals surface area (Å²) in [6, 6.07) is 0. The molecule has 0 N–H and O–H groups in total. The van der Waals surface area contributed by atoms with E-state index < -0.39 is 0 Å². The topological polar surface area (TPSA) is 18.5 Å². The van der Waals surface area contributed by atoms with Crippen molar-refractivity contribution < 1.29 is 9.47 Å². The number of ether oxygens (including phenoxy) is 2. The van der Waals surface area contributed by atoms with Crippen LogP contribution in [-0.4, -0.2) is 25.4 Å². The van der Waals surface area contributed by atoms with Crippen molar-refractivity contribution in [1.82, 2.24) is 0 Å². The Balaban J connectivity index is 2.45.